The Balaban J connectivity index is 1.47. The van der Waals surface area contributed by atoms with Crippen molar-refractivity contribution in [2.75, 3.05) is 14.2 Å². The molecule has 146 valence electrons. The number of ether oxygens (including phenoxy) is 2. The zero-order valence-electron chi connectivity index (χ0n) is 15.7. The Labute approximate surface area is 166 Å². The number of nitrogens with zero attached hydrogens (tertiary/aromatic N) is 5. The number of methoxy groups -OCH3 is 2. The van der Waals surface area contributed by atoms with E-state index < -0.39 is 0 Å². The third-order valence-electron chi connectivity index (χ3n) is 4.61. The summed E-state index contributed by atoms with van der Waals surface area (Å²) in [5.74, 6) is 1.65. The fraction of sp³-hybridized carbons (Fsp3) is 0.368. The number of amides is 1. The predicted molar refractivity (Wildman–Crippen MR) is 104 cm³/mol. The van der Waals surface area contributed by atoms with Crippen LogP contribution in [0.2, 0.25) is 0 Å². The minimum Gasteiger partial charge on any atom is -0.493 e. The lowest BCUT2D eigenvalue weighted by atomic mass is 10.2. The second-order valence-electron chi connectivity index (χ2n) is 6.60. The smallest absolute Gasteiger partial charge is 0.246 e. The van der Waals surface area contributed by atoms with E-state index in [1.807, 2.05) is 16.3 Å². The lowest BCUT2D eigenvalue weighted by molar-refractivity contribution is -0.133. The lowest BCUT2D eigenvalue weighted by Crippen LogP contribution is -2.35. The van der Waals surface area contributed by atoms with Gasteiger partial charge in [-0.15, -0.1) is 10.2 Å². The molecule has 9 heteroatoms. The molecule has 0 saturated heterocycles. The summed E-state index contributed by atoms with van der Waals surface area (Å²) in [6.45, 7) is 0.700. The van der Waals surface area contributed by atoms with Crippen molar-refractivity contribution >= 4 is 17.2 Å². The van der Waals surface area contributed by atoms with Crippen LogP contribution in [0.1, 0.15) is 18.4 Å². The van der Waals surface area contributed by atoms with Gasteiger partial charge in [-0.2, -0.15) is 16.1 Å². The number of rotatable bonds is 8. The SMILES string of the molecule is COc1ccc(-c2nnn(CC(=O)N(Cc3ccsc3)C3CC3)n2)cc1OC. The second kappa shape index (κ2) is 7.97. The molecule has 1 amide bonds. The number of carbonyl (C=O) groups is 1. The van der Waals surface area contributed by atoms with E-state index in [1.54, 1.807) is 37.7 Å². The Morgan fingerprint density at radius 1 is 1.25 bits per heavy atom. The van der Waals surface area contributed by atoms with E-state index >= 15 is 0 Å². The van der Waals surface area contributed by atoms with Crippen LogP contribution in [0.5, 0.6) is 11.5 Å². The molecule has 1 saturated carbocycles. The molecule has 1 aromatic carbocycles. The molecule has 28 heavy (non-hydrogen) atoms. The Bertz CT molecular complexity index is 952. The molecule has 4 rings (SSSR count). The molecule has 1 aliphatic carbocycles. The van der Waals surface area contributed by atoms with Gasteiger partial charge in [0, 0.05) is 18.2 Å². The van der Waals surface area contributed by atoms with Crippen molar-refractivity contribution < 1.29 is 14.3 Å². The topological polar surface area (TPSA) is 82.4 Å². The molecular weight excluding hydrogens is 378 g/mol. The van der Waals surface area contributed by atoms with Crippen molar-refractivity contribution in [2.24, 2.45) is 0 Å². The first-order chi connectivity index (χ1) is 13.7. The Kier molecular flexibility index (Phi) is 5.25. The van der Waals surface area contributed by atoms with Crippen LogP contribution >= 0.6 is 11.3 Å². The summed E-state index contributed by atoms with van der Waals surface area (Å²) < 4.78 is 10.6. The van der Waals surface area contributed by atoms with Crippen molar-refractivity contribution in [3.05, 3.63) is 40.6 Å². The fourth-order valence-corrected chi connectivity index (χ4v) is 3.66. The minimum atomic E-state index is 0.00459. The molecule has 0 radical (unpaired) electrons. The standard InChI is InChI=1S/C19H21N5O3S/c1-26-16-6-3-14(9-17(16)27-2)19-20-22-24(21-19)11-18(25)23(15-4-5-15)10-13-7-8-28-12-13/h3,6-9,12,15H,4-5,10-11H2,1-2H3. The molecule has 1 aliphatic rings. The van der Waals surface area contributed by atoms with Crippen LogP contribution in [0.15, 0.2) is 35.0 Å². The molecule has 0 unspecified atom stereocenters. The highest BCUT2D eigenvalue weighted by atomic mass is 32.1. The first-order valence-corrected chi connectivity index (χ1v) is 9.93. The van der Waals surface area contributed by atoms with Gasteiger partial charge in [0.15, 0.2) is 11.5 Å². The van der Waals surface area contributed by atoms with E-state index in [1.165, 1.54) is 4.80 Å². The van der Waals surface area contributed by atoms with E-state index in [2.05, 4.69) is 26.9 Å². The summed E-state index contributed by atoms with van der Waals surface area (Å²) in [7, 11) is 3.16. The number of hydrogen-bond donors (Lipinski definition) is 0. The van der Waals surface area contributed by atoms with Crippen molar-refractivity contribution in [3.63, 3.8) is 0 Å². The molecule has 0 N–H and O–H groups in total. The van der Waals surface area contributed by atoms with Crippen molar-refractivity contribution in [1.82, 2.24) is 25.1 Å². The van der Waals surface area contributed by atoms with E-state index in [0.29, 0.717) is 29.9 Å². The molecule has 0 atom stereocenters. The highest BCUT2D eigenvalue weighted by molar-refractivity contribution is 7.07. The summed E-state index contributed by atoms with van der Waals surface area (Å²) >= 11 is 1.64. The van der Waals surface area contributed by atoms with Gasteiger partial charge < -0.3 is 14.4 Å². The highest BCUT2D eigenvalue weighted by Crippen LogP contribution is 2.31. The number of aromatic nitrogens is 4. The van der Waals surface area contributed by atoms with Gasteiger partial charge in [-0.3, -0.25) is 4.79 Å². The summed E-state index contributed by atoms with van der Waals surface area (Å²) in [5, 5.41) is 16.6. The fourth-order valence-electron chi connectivity index (χ4n) is 3.00. The van der Waals surface area contributed by atoms with Crippen LogP contribution < -0.4 is 9.47 Å². The molecule has 2 aromatic heterocycles. The number of tetrazole rings is 1. The predicted octanol–water partition coefficient (Wildman–Crippen LogP) is 2.61. The van der Waals surface area contributed by atoms with Gasteiger partial charge in [0.05, 0.1) is 14.2 Å². The first kappa shape index (κ1) is 18.4. The molecule has 0 bridgehead atoms. The Hall–Kier alpha value is -2.94. The quantitative estimate of drug-likeness (QED) is 0.579. The Morgan fingerprint density at radius 2 is 2.07 bits per heavy atom. The zero-order valence-corrected chi connectivity index (χ0v) is 16.6. The third kappa shape index (κ3) is 3.99. The summed E-state index contributed by atoms with van der Waals surface area (Å²) in [5.41, 5.74) is 1.90. The molecular formula is C19H21N5O3S. The minimum absolute atomic E-state index is 0.00459. The van der Waals surface area contributed by atoms with Gasteiger partial charge in [0.1, 0.15) is 6.54 Å². The van der Waals surface area contributed by atoms with Gasteiger partial charge in [0.25, 0.3) is 0 Å². The van der Waals surface area contributed by atoms with Crippen LogP contribution in [-0.4, -0.2) is 51.3 Å². The van der Waals surface area contributed by atoms with E-state index in [9.17, 15) is 4.79 Å². The summed E-state index contributed by atoms with van der Waals surface area (Å²) in [6.07, 6.45) is 2.11. The summed E-state index contributed by atoms with van der Waals surface area (Å²) in [6, 6.07) is 7.78. The van der Waals surface area contributed by atoms with E-state index in [0.717, 1.165) is 24.0 Å². The largest absolute Gasteiger partial charge is 0.493 e. The first-order valence-electron chi connectivity index (χ1n) is 8.98. The lowest BCUT2D eigenvalue weighted by Gasteiger charge is -2.21. The number of thiophene rings is 1. The maximum atomic E-state index is 12.8. The van der Waals surface area contributed by atoms with Crippen molar-refractivity contribution in [2.45, 2.75) is 32.0 Å². The molecule has 1 fully saturated rings. The molecule has 3 aromatic rings. The molecule has 0 aliphatic heterocycles. The number of carbonyl (C=O) groups excluding carboxylic acids is 1. The van der Waals surface area contributed by atoms with Gasteiger partial charge in [-0.25, -0.2) is 0 Å². The van der Waals surface area contributed by atoms with Crippen LogP contribution in [0, 0.1) is 0 Å². The number of hydrogen-bond acceptors (Lipinski definition) is 7. The second-order valence-corrected chi connectivity index (χ2v) is 7.38. The number of benzene rings is 1. The van der Waals surface area contributed by atoms with Crippen molar-refractivity contribution in [1.29, 1.82) is 0 Å². The average Bonchev–Trinajstić information content (AvgIpc) is 3.22. The van der Waals surface area contributed by atoms with Crippen LogP contribution in [0.4, 0.5) is 0 Å². The normalized spacial score (nSPS) is 13.4. The Morgan fingerprint density at radius 3 is 2.75 bits per heavy atom. The van der Waals surface area contributed by atoms with Crippen LogP contribution in [-0.2, 0) is 17.9 Å². The average molecular weight is 399 g/mol. The molecule has 2 heterocycles. The summed E-state index contributed by atoms with van der Waals surface area (Å²) in [4.78, 5) is 16.1. The van der Waals surface area contributed by atoms with Crippen LogP contribution in [0.3, 0.4) is 0 Å². The third-order valence-corrected chi connectivity index (χ3v) is 5.34. The van der Waals surface area contributed by atoms with E-state index in [4.69, 9.17) is 9.47 Å². The highest BCUT2D eigenvalue weighted by Gasteiger charge is 2.33. The maximum Gasteiger partial charge on any atom is 0.246 e. The maximum absolute atomic E-state index is 12.8. The molecule has 8 nitrogen and oxygen atoms in total. The zero-order chi connectivity index (χ0) is 19.5. The van der Waals surface area contributed by atoms with E-state index in [-0.39, 0.29) is 12.5 Å². The van der Waals surface area contributed by atoms with Gasteiger partial charge in [-0.1, -0.05) is 0 Å². The molecule has 0 spiro atoms. The van der Waals surface area contributed by atoms with Crippen LogP contribution in [0.25, 0.3) is 11.4 Å². The van der Waals surface area contributed by atoms with Gasteiger partial charge >= 0.3 is 0 Å². The monoisotopic (exact) mass is 399 g/mol. The van der Waals surface area contributed by atoms with Crippen molar-refractivity contribution in [3.8, 4) is 22.9 Å². The van der Waals surface area contributed by atoms with Gasteiger partial charge in [-0.05, 0) is 58.6 Å². The van der Waals surface area contributed by atoms with Gasteiger partial charge in [0.2, 0.25) is 11.7 Å².